The highest BCUT2D eigenvalue weighted by Gasteiger charge is 2.00. The molecule has 0 amide bonds. The van der Waals surface area contributed by atoms with Gasteiger partial charge in [0.1, 0.15) is 5.82 Å². The molecular weight excluding hydrogens is 234 g/mol. The van der Waals surface area contributed by atoms with E-state index in [0.717, 1.165) is 29.6 Å². The summed E-state index contributed by atoms with van der Waals surface area (Å²) in [4.78, 5) is 4.18. The molecule has 3 nitrogen and oxygen atoms in total. The van der Waals surface area contributed by atoms with Crippen LogP contribution in [0.1, 0.15) is 11.4 Å². The first kappa shape index (κ1) is 12.0. The maximum atomic E-state index is 6.11. The van der Waals surface area contributed by atoms with Gasteiger partial charge in [-0.05, 0) is 31.5 Å². The third kappa shape index (κ3) is 3.01. The van der Waals surface area contributed by atoms with Crippen molar-refractivity contribution in [3.8, 4) is 0 Å². The normalized spacial score (nSPS) is 10.5. The monoisotopic (exact) mass is 249 g/mol. The molecule has 17 heavy (non-hydrogen) atoms. The predicted molar refractivity (Wildman–Crippen MR) is 71.6 cm³/mol. The molecule has 1 heterocycles. The van der Waals surface area contributed by atoms with Gasteiger partial charge in [0, 0.05) is 25.5 Å². The van der Waals surface area contributed by atoms with Crippen LogP contribution >= 0.6 is 11.6 Å². The highest BCUT2D eigenvalue weighted by Crippen LogP contribution is 2.22. The van der Waals surface area contributed by atoms with E-state index in [9.17, 15) is 0 Å². The Bertz CT molecular complexity index is 505. The first-order chi connectivity index (χ1) is 8.16. The fourth-order valence-corrected chi connectivity index (χ4v) is 1.91. The molecule has 1 aromatic heterocycles. The molecule has 0 aliphatic heterocycles. The van der Waals surface area contributed by atoms with Gasteiger partial charge in [-0.15, -0.1) is 0 Å². The molecule has 1 aromatic carbocycles. The molecule has 0 bridgehead atoms. The molecule has 0 aliphatic carbocycles. The van der Waals surface area contributed by atoms with Crippen LogP contribution in [0.4, 0.5) is 5.69 Å². The van der Waals surface area contributed by atoms with Gasteiger partial charge in [0.25, 0.3) is 0 Å². The lowest BCUT2D eigenvalue weighted by atomic mass is 10.2. The van der Waals surface area contributed by atoms with E-state index in [4.69, 9.17) is 11.6 Å². The molecule has 1 N–H and O–H groups in total. The van der Waals surface area contributed by atoms with Gasteiger partial charge in [0.05, 0.1) is 10.7 Å². The second-order valence-corrected chi connectivity index (χ2v) is 4.49. The van der Waals surface area contributed by atoms with Gasteiger partial charge in [-0.2, -0.15) is 0 Å². The highest BCUT2D eigenvalue weighted by atomic mass is 35.5. The molecule has 0 saturated carbocycles. The van der Waals surface area contributed by atoms with Crippen molar-refractivity contribution in [2.45, 2.75) is 20.4 Å². The van der Waals surface area contributed by atoms with Crippen molar-refractivity contribution in [1.29, 1.82) is 0 Å². The minimum atomic E-state index is 0.762. The summed E-state index contributed by atoms with van der Waals surface area (Å²) < 4.78 is 2.11. The highest BCUT2D eigenvalue weighted by molar-refractivity contribution is 6.33. The number of aromatic nitrogens is 2. The van der Waals surface area contributed by atoms with E-state index in [-0.39, 0.29) is 0 Å². The van der Waals surface area contributed by atoms with E-state index in [1.165, 1.54) is 5.56 Å². The zero-order chi connectivity index (χ0) is 12.3. The second kappa shape index (κ2) is 5.23. The third-order valence-electron chi connectivity index (χ3n) is 2.71. The van der Waals surface area contributed by atoms with Gasteiger partial charge >= 0.3 is 0 Å². The fraction of sp³-hybridized carbons (Fsp3) is 0.308. The summed E-state index contributed by atoms with van der Waals surface area (Å²) in [6, 6.07) is 5.98. The molecule has 4 heteroatoms. The molecule has 0 spiro atoms. The summed E-state index contributed by atoms with van der Waals surface area (Å²) in [6.45, 7) is 5.78. The van der Waals surface area contributed by atoms with Crippen molar-refractivity contribution in [2.24, 2.45) is 0 Å². The Hall–Kier alpha value is -1.48. The number of anilines is 1. The van der Waals surface area contributed by atoms with Crippen LogP contribution in [0.25, 0.3) is 0 Å². The van der Waals surface area contributed by atoms with E-state index in [0.29, 0.717) is 0 Å². The fourth-order valence-electron chi connectivity index (χ4n) is 1.73. The van der Waals surface area contributed by atoms with E-state index < -0.39 is 0 Å². The number of benzene rings is 1. The Labute approximate surface area is 106 Å². The number of hydrogen-bond acceptors (Lipinski definition) is 2. The van der Waals surface area contributed by atoms with Crippen molar-refractivity contribution in [1.82, 2.24) is 9.55 Å². The molecule has 0 radical (unpaired) electrons. The Morgan fingerprint density at radius 2 is 2.18 bits per heavy atom. The Morgan fingerprint density at radius 3 is 2.88 bits per heavy atom. The maximum absolute atomic E-state index is 6.11. The third-order valence-corrected chi connectivity index (χ3v) is 3.04. The second-order valence-electron chi connectivity index (χ2n) is 4.08. The Morgan fingerprint density at radius 1 is 1.35 bits per heavy atom. The predicted octanol–water partition coefficient (Wildman–Crippen LogP) is 3.27. The molecule has 0 unspecified atom stereocenters. The van der Waals surface area contributed by atoms with Gasteiger partial charge < -0.3 is 9.88 Å². The van der Waals surface area contributed by atoms with Crippen molar-refractivity contribution in [3.05, 3.63) is 47.0 Å². The van der Waals surface area contributed by atoms with Gasteiger partial charge in [-0.1, -0.05) is 17.7 Å². The SMILES string of the molecule is Cc1ccc(Cl)c(NCCn2ccnc2C)c1. The zero-order valence-electron chi connectivity index (χ0n) is 10.1. The minimum absolute atomic E-state index is 0.762. The number of nitrogens with zero attached hydrogens (tertiary/aromatic N) is 2. The molecule has 0 fully saturated rings. The standard InChI is InChI=1S/C13H16ClN3/c1-10-3-4-12(14)13(9-10)16-6-8-17-7-5-15-11(17)2/h3-5,7,9,16H,6,8H2,1-2H3. The van der Waals surface area contributed by atoms with Gasteiger partial charge in [0.2, 0.25) is 0 Å². The molecule has 2 rings (SSSR count). The van der Waals surface area contributed by atoms with Crippen LogP contribution in [0.2, 0.25) is 5.02 Å². The Balaban J connectivity index is 1.94. The Kier molecular flexibility index (Phi) is 3.69. The van der Waals surface area contributed by atoms with Crippen LogP contribution < -0.4 is 5.32 Å². The quantitative estimate of drug-likeness (QED) is 0.901. The zero-order valence-corrected chi connectivity index (χ0v) is 10.8. The first-order valence-corrected chi connectivity index (χ1v) is 6.02. The molecule has 0 saturated heterocycles. The van der Waals surface area contributed by atoms with Crippen LogP contribution in [0.15, 0.2) is 30.6 Å². The summed E-state index contributed by atoms with van der Waals surface area (Å²) in [5.74, 6) is 1.03. The summed E-state index contributed by atoms with van der Waals surface area (Å²) in [7, 11) is 0. The number of rotatable bonds is 4. The molecular formula is C13H16ClN3. The largest absolute Gasteiger partial charge is 0.382 e. The van der Waals surface area contributed by atoms with E-state index in [2.05, 4.69) is 27.9 Å². The van der Waals surface area contributed by atoms with Crippen LogP contribution in [0, 0.1) is 13.8 Å². The minimum Gasteiger partial charge on any atom is -0.382 e. The number of halogens is 1. The topological polar surface area (TPSA) is 29.9 Å². The summed E-state index contributed by atoms with van der Waals surface area (Å²) in [5.41, 5.74) is 2.19. The van der Waals surface area contributed by atoms with Crippen molar-refractivity contribution >= 4 is 17.3 Å². The number of aryl methyl sites for hydroxylation is 2. The van der Waals surface area contributed by atoms with E-state index >= 15 is 0 Å². The van der Waals surface area contributed by atoms with Crippen LogP contribution in [0.5, 0.6) is 0 Å². The van der Waals surface area contributed by atoms with Gasteiger partial charge in [0.15, 0.2) is 0 Å². The molecule has 2 aromatic rings. The van der Waals surface area contributed by atoms with Crippen LogP contribution in [-0.2, 0) is 6.54 Å². The molecule has 0 atom stereocenters. The number of imidazole rings is 1. The average Bonchev–Trinajstić information content (AvgIpc) is 2.70. The summed E-state index contributed by atoms with van der Waals surface area (Å²) in [6.07, 6.45) is 3.80. The lowest BCUT2D eigenvalue weighted by molar-refractivity contribution is 0.701. The molecule has 90 valence electrons. The van der Waals surface area contributed by atoms with Crippen molar-refractivity contribution in [3.63, 3.8) is 0 Å². The van der Waals surface area contributed by atoms with Crippen LogP contribution in [0.3, 0.4) is 0 Å². The van der Waals surface area contributed by atoms with Gasteiger partial charge in [-0.3, -0.25) is 0 Å². The van der Waals surface area contributed by atoms with Crippen molar-refractivity contribution in [2.75, 3.05) is 11.9 Å². The van der Waals surface area contributed by atoms with Crippen LogP contribution in [-0.4, -0.2) is 16.1 Å². The molecule has 0 aliphatic rings. The smallest absolute Gasteiger partial charge is 0.105 e. The summed E-state index contributed by atoms with van der Waals surface area (Å²) >= 11 is 6.11. The van der Waals surface area contributed by atoms with Crippen molar-refractivity contribution < 1.29 is 0 Å². The lowest BCUT2D eigenvalue weighted by Gasteiger charge is -2.10. The van der Waals surface area contributed by atoms with Gasteiger partial charge in [-0.25, -0.2) is 4.98 Å². The first-order valence-electron chi connectivity index (χ1n) is 5.64. The van der Waals surface area contributed by atoms with E-state index in [1.807, 2.05) is 31.5 Å². The maximum Gasteiger partial charge on any atom is 0.105 e. The average molecular weight is 250 g/mol. The van der Waals surface area contributed by atoms with E-state index in [1.54, 1.807) is 0 Å². The number of nitrogens with one attached hydrogen (secondary N) is 1. The summed E-state index contributed by atoms with van der Waals surface area (Å²) in [5, 5.41) is 4.10. The lowest BCUT2D eigenvalue weighted by Crippen LogP contribution is -2.11. The number of hydrogen-bond donors (Lipinski definition) is 1.